The second kappa shape index (κ2) is 10.8. The molecule has 0 fully saturated rings. The van der Waals surface area contributed by atoms with Gasteiger partial charge in [0.15, 0.2) is 0 Å². The van der Waals surface area contributed by atoms with E-state index in [9.17, 15) is 0 Å². The second-order valence-corrected chi connectivity index (χ2v) is 13.5. The van der Waals surface area contributed by atoms with Gasteiger partial charge in [0.2, 0.25) is 0 Å². The van der Waals surface area contributed by atoms with E-state index in [1.807, 2.05) is 11.3 Å². The van der Waals surface area contributed by atoms with Gasteiger partial charge in [-0.15, -0.1) is 11.3 Å². The maximum Gasteiger partial charge on any atom is 0.136 e. The fourth-order valence-electron chi connectivity index (χ4n) is 7.56. The van der Waals surface area contributed by atoms with Gasteiger partial charge >= 0.3 is 0 Å². The fourth-order valence-corrected chi connectivity index (χ4v) is 8.81. The van der Waals surface area contributed by atoms with Crippen LogP contribution in [0, 0.1) is 0 Å². The molecule has 0 amide bonds. The minimum Gasteiger partial charge on any atom is -0.456 e. The highest BCUT2D eigenvalue weighted by atomic mass is 32.1. The molecule has 2 heterocycles. The van der Waals surface area contributed by atoms with Crippen LogP contribution < -0.4 is 0 Å². The van der Waals surface area contributed by atoms with Crippen LogP contribution in [0.25, 0.3) is 97.4 Å². The van der Waals surface area contributed by atoms with E-state index in [1.54, 1.807) is 0 Å². The number of hydrogen-bond acceptors (Lipinski definition) is 2. The van der Waals surface area contributed by atoms with Crippen LogP contribution in [0.4, 0.5) is 0 Å². The van der Waals surface area contributed by atoms with Crippen molar-refractivity contribution >= 4 is 64.9 Å². The second-order valence-electron chi connectivity index (χ2n) is 12.4. The van der Waals surface area contributed by atoms with E-state index in [2.05, 4.69) is 170 Å². The number of benzene rings is 8. The maximum atomic E-state index is 6.61. The lowest BCUT2D eigenvalue weighted by molar-refractivity contribution is 0.669. The van der Waals surface area contributed by atoms with Crippen molar-refractivity contribution in [1.82, 2.24) is 0 Å². The largest absolute Gasteiger partial charge is 0.456 e. The van der Waals surface area contributed by atoms with Crippen molar-refractivity contribution < 1.29 is 4.42 Å². The molecule has 10 rings (SSSR count). The third-order valence-electron chi connectivity index (χ3n) is 9.66. The zero-order chi connectivity index (χ0) is 31.6. The van der Waals surface area contributed by atoms with Crippen LogP contribution in [0.5, 0.6) is 0 Å². The average molecular weight is 629 g/mol. The zero-order valence-electron chi connectivity index (χ0n) is 26.0. The standard InChI is InChI=1S/C46H28OS/c1-4-14-29(15-5-1)43-33-20-10-12-22-35(33)44(36-23-13-11-21-34(36)43)32-24-25-40-37(26-32)38-28-42-39(27-41(38)47-40)45(30-16-6-2-7-17-30)46(48-42)31-18-8-3-9-19-31/h1-28H. The van der Waals surface area contributed by atoms with Gasteiger partial charge in [-0.2, -0.15) is 0 Å². The number of fused-ring (bicyclic) bond motifs is 6. The summed E-state index contributed by atoms with van der Waals surface area (Å²) in [7, 11) is 0. The number of hydrogen-bond donors (Lipinski definition) is 0. The first kappa shape index (κ1) is 27.2. The molecule has 2 aromatic heterocycles. The highest BCUT2D eigenvalue weighted by molar-refractivity contribution is 7.23. The Morgan fingerprint density at radius 3 is 1.38 bits per heavy atom. The summed E-state index contributed by atoms with van der Waals surface area (Å²) in [5, 5.41) is 8.54. The average Bonchev–Trinajstić information content (AvgIpc) is 3.71. The first-order valence-corrected chi connectivity index (χ1v) is 17.2. The SMILES string of the molecule is c1ccc(-c2sc3cc4c(cc3c2-c2ccccc2)oc2ccc(-c3c5ccccc5c(-c5ccccc5)c5ccccc35)cc24)cc1. The first-order valence-electron chi connectivity index (χ1n) is 16.3. The minimum atomic E-state index is 0.908. The lowest BCUT2D eigenvalue weighted by Crippen LogP contribution is -1.90. The summed E-state index contributed by atoms with van der Waals surface area (Å²) in [6.07, 6.45) is 0. The number of thiophene rings is 1. The Kier molecular flexibility index (Phi) is 6.12. The van der Waals surface area contributed by atoms with Crippen LogP contribution >= 0.6 is 11.3 Å². The molecular formula is C46H28OS. The lowest BCUT2D eigenvalue weighted by Gasteiger charge is -2.17. The van der Waals surface area contributed by atoms with Crippen molar-refractivity contribution in [1.29, 1.82) is 0 Å². The van der Waals surface area contributed by atoms with Crippen LogP contribution in [0.3, 0.4) is 0 Å². The smallest absolute Gasteiger partial charge is 0.136 e. The molecule has 0 saturated carbocycles. The van der Waals surface area contributed by atoms with Gasteiger partial charge in [-0.25, -0.2) is 0 Å². The van der Waals surface area contributed by atoms with Crippen LogP contribution in [-0.4, -0.2) is 0 Å². The van der Waals surface area contributed by atoms with Crippen LogP contribution in [0.2, 0.25) is 0 Å². The first-order chi connectivity index (χ1) is 23.8. The number of rotatable bonds is 4. The molecule has 10 aromatic rings. The Labute approximate surface area is 282 Å². The van der Waals surface area contributed by atoms with E-state index in [4.69, 9.17) is 4.42 Å². The van der Waals surface area contributed by atoms with Gasteiger partial charge in [0.1, 0.15) is 11.2 Å². The van der Waals surface area contributed by atoms with Gasteiger partial charge < -0.3 is 4.42 Å². The Balaban J connectivity index is 1.24. The third kappa shape index (κ3) is 4.17. The van der Waals surface area contributed by atoms with Crippen molar-refractivity contribution in [3.05, 3.63) is 170 Å². The summed E-state index contributed by atoms with van der Waals surface area (Å²) < 4.78 is 7.87. The van der Waals surface area contributed by atoms with Crippen molar-refractivity contribution in [2.75, 3.05) is 0 Å². The molecule has 0 atom stereocenters. The van der Waals surface area contributed by atoms with Gasteiger partial charge in [-0.05, 0) is 79.2 Å². The molecule has 0 saturated heterocycles. The Morgan fingerprint density at radius 2 is 0.792 bits per heavy atom. The molecule has 0 unspecified atom stereocenters. The van der Waals surface area contributed by atoms with Crippen LogP contribution in [0.15, 0.2) is 174 Å². The van der Waals surface area contributed by atoms with E-state index < -0.39 is 0 Å². The summed E-state index contributed by atoms with van der Waals surface area (Å²) in [6.45, 7) is 0. The van der Waals surface area contributed by atoms with E-state index in [0.29, 0.717) is 0 Å². The Bertz CT molecular complexity index is 2750. The summed E-state index contributed by atoms with van der Waals surface area (Å²) >= 11 is 1.86. The van der Waals surface area contributed by atoms with Gasteiger partial charge in [-0.3, -0.25) is 0 Å². The molecular weight excluding hydrogens is 601 g/mol. The lowest BCUT2D eigenvalue weighted by atomic mass is 9.86. The fraction of sp³-hybridized carbons (Fsp3) is 0. The molecule has 0 bridgehead atoms. The van der Waals surface area contributed by atoms with Crippen molar-refractivity contribution in [2.45, 2.75) is 0 Å². The molecule has 48 heavy (non-hydrogen) atoms. The van der Waals surface area contributed by atoms with Crippen LogP contribution in [-0.2, 0) is 0 Å². The van der Waals surface area contributed by atoms with E-state index in [-0.39, 0.29) is 0 Å². The topological polar surface area (TPSA) is 13.1 Å². The van der Waals surface area contributed by atoms with Gasteiger partial charge in [-0.1, -0.05) is 146 Å². The minimum absolute atomic E-state index is 0.908. The molecule has 224 valence electrons. The quantitative estimate of drug-likeness (QED) is 0.177. The van der Waals surface area contributed by atoms with Crippen molar-refractivity contribution in [3.63, 3.8) is 0 Å². The number of furan rings is 1. The molecule has 0 aliphatic carbocycles. The summed E-state index contributed by atoms with van der Waals surface area (Å²) in [6, 6.07) is 61.3. The van der Waals surface area contributed by atoms with E-state index in [0.717, 1.165) is 21.9 Å². The summed E-state index contributed by atoms with van der Waals surface area (Å²) in [4.78, 5) is 1.28. The molecule has 0 radical (unpaired) electrons. The van der Waals surface area contributed by atoms with Crippen molar-refractivity contribution in [3.8, 4) is 43.8 Å². The van der Waals surface area contributed by atoms with Gasteiger partial charge in [0.25, 0.3) is 0 Å². The predicted molar refractivity (Wildman–Crippen MR) is 206 cm³/mol. The third-order valence-corrected chi connectivity index (χ3v) is 10.9. The maximum absolute atomic E-state index is 6.61. The molecule has 0 N–H and O–H groups in total. The molecule has 1 nitrogen and oxygen atoms in total. The summed E-state index contributed by atoms with van der Waals surface area (Å²) in [5.41, 5.74) is 10.5. The van der Waals surface area contributed by atoms with Gasteiger partial charge in [0.05, 0.1) is 0 Å². The molecule has 0 aliphatic rings. The van der Waals surface area contributed by atoms with E-state index >= 15 is 0 Å². The Morgan fingerprint density at radius 1 is 0.312 bits per heavy atom. The monoisotopic (exact) mass is 628 g/mol. The molecule has 2 heteroatoms. The van der Waals surface area contributed by atoms with Crippen LogP contribution in [0.1, 0.15) is 0 Å². The normalized spacial score (nSPS) is 11.8. The highest BCUT2D eigenvalue weighted by Crippen LogP contribution is 2.48. The molecule has 8 aromatic carbocycles. The molecule has 0 aliphatic heterocycles. The highest BCUT2D eigenvalue weighted by Gasteiger charge is 2.20. The zero-order valence-corrected chi connectivity index (χ0v) is 26.8. The predicted octanol–water partition coefficient (Wildman–Crippen LogP) is 13.8. The van der Waals surface area contributed by atoms with E-state index in [1.165, 1.54) is 75.5 Å². The Hall–Kier alpha value is -5.96. The summed E-state index contributed by atoms with van der Waals surface area (Å²) in [5.74, 6) is 0. The molecule has 0 spiro atoms. The van der Waals surface area contributed by atoms with Crippen molar-refractivity contribution in [2.24, 2.45) is 0 Å². The van der Waals surface area contributed by atoms with Gasteiger partial charge in [0, 0.05) is 31.3 Å².